The van der Waals surface area contributed by atoms with Crippen molar-refractivity contribution in [2.24, 2.45) is 0 Å². The molecule has 0 fully saturated rings. The highest BCUT2D eigenvalue weighted by molar-refractivity contribution is 9.10. The summed E-state index contributed by atoms with van der Waals surface area (Å²) in [5.74, 6) is 0.532. The molecule has 1 aromatic carbocycles. The van der Waals surface area contributed by atoms with Crippen LogP contribution in [0.1, 0.15) is 27.2 Å². The van der Waals surface area contributed by atoms with Crippen LogP contribution in [0.2, 0.25) is 0 Å². The normalized spacial score (nSPS) is 13.3. The molecule has 1 rings (SSSR count). The first-order valence-electron chi connectivity index (χ1n) is 5.85. The molecule has 0 aliphatic carbocycles. The molecule has 0 unspecified atom stereocenters. The van der Waals surface area contributed by atoms with Gasteiger partial charge in [-0.25, -0.2) is 13.1 Å². The Morgan fingerprint density at radius 3 is 2.61 bits per heavy atom. The molecule has 1 N–H and O–H groups in total. The Morgan fingerprint density at radius 2 is 2.06 bits per heavy atom. The number of benzene rings is 1. The molecule has 1 aromatic rings. The van der Waals surface area contributed by atoms with E-state index in [1.54, 1.807) is 12.1 Å². The van der Waals surface area contributed by atoms with Crippen LogP contribution in [0.5, 0.6) is 5.75 Å². The van der Waals surface area contributed by atoms with E-state index in [1.165, 1.54) is 6.07 Å². The summed E-state index contributed by atoms with van der Waals surface area (Å²) in [6.07, 6.45) is 0.744. The molecule has 0 amide bonds. The van der Waals surface area contributed by atoms with Crippen LogP contribution in [-0.2, 0) is 10.0 Å². The Morgan fingerprint density at radius 1 is 1.39 bits per heavy atom. The molecule has 0 saturated heterocycles. The van der Waals surface area contributed by atoms with Crippen molar-refractivity contribution in [3.8, 4) is 5.75 Å². The fourth-order valence-electron chi connectivity index (χ4n) is 1.33. The number of ether oxygens (including phenoxy) is 1. The number of sulfonamides is 1. The smallest absolute Gasteiger partial charge is 0.240 e. The standard InChI is InChI=1S/C12H18BrNO3S/c1-4-9(3)14-18(15,16)10-6-7-11(13)12(8-10)17-5-2/h6-9,14H,4-5H2,1-3H3/t9-/m1/s1. The molecule has 18 heavy (non-hydrogen) atoms. The molecule has 4 nitrogen and oxygen atoms in total. The van der Waals surface area contributed by atoms with Crippen molar-refractivity contribution in [2.45, 2.75) is 38.1 Å². The first kappa shape index (κ1) is 15.5. The molecular formula is C12H18BrNO3S. The van der Waals surface area contributed by atoms with Gasteiger partial charge in [0.05, 0.1) is 16.0 Å². The SMILES string of the molecule is CCOc1cc(S(=O)(=O)N[C@H](C)CC)ccc1Br. The van der Waals surface area contributed by atoms with Crippen LogP contribution in [0, 0.1) is 0 Å². The van der Waals surface area contributed by atoms with Gasteiger partial charge in [-0.1, -0.05) is 6.92 Å². The summed E-state index contributed by atoms with van der Waals surface area (Å²) in [7, 11) is -3.48. The van der Waals surface area contributed by atoms with Crippen molar-refractivity contribution in [2.75, 3.05) is 6.61 Å². The van der Waals surface area contributed by atoms with Gasteiger partial charge in [0, 0.05) is 12.1 Å². The Kier molecular flexibility index (Phi) is 5.62. The minimum absolute atomic E-state index is 0.0887. The largest absolute Gasteiger partial charge is 0.493 e. The molecule has 102 valence electrons. The molecule has 0 aliphatic heterocycles. The van der Waals surface area contributed by atoms with Crippen LogP contribution < -0.4 is 9.46 Å². The molecular weight excluding hydrogens is 318 g/mol. The molecule has 0 heterocycles. The number of nitrogens with one attached hydrogen (secondary N) is 1. The quantitative estimate of drug-likeness (QED) is 0.869. The number of rotatable bonds is 6. The Labute approximate surface area is 117 Å². The van der Waals surface area contributed by atoms with Gasteiger partial charge in [-0.2, -0.15) is 0 Å². The van der Waals surface area contributed by atoms with Crippen molar-refractivity contribution >= 4 is 26.0 Å². The van der Waals surface area contributed by atoms with E-state index in [2.05, 4.69) is 20.7 Å². The second-order valence-corrected chi connectivity index (χ2v) is 6.52. The van der Waals surface area contributed by atoms with Crippen LogP contribution in [0.3, 0.4) is 0 Å². The second-order valence-electron chi connectivity index (χ2n) is 3.96. The van der Waals surface area contributed by atoms with Gasteiger partial charge >= 0.3 is 0 Å². The zero-order valence-electron chi connectivity index (χ0n) is 10.7. The predicted octanol–water partition coefficient (Wildman–Crippen LogP) is 2.92. The fraction of sp³-hybridized carbons (Fsp3) is 0.500. The van der Waals surface area contributed by atoms with Gasteiger partial charge in [0.25, 0.3) is 0 Å². The summed E-state index contributed by atoms with van der Waals surface area (Å²) in [5.41, 5.74) is 0. The maximum absolute atomic E-state index is 12.1. The summed E-state index contributed by atoms with van der Waals surface area (Å²) in [6, 6.07) is 4.67. The van der Waals surface area contributed by atoms with Crippen molar-refractivity contribution in [1.82, 2.24) is 4.72 Å². The van der Waals surface area contributed by atoms with Crippen molar-refractivity contribution in [3.63, 3.8) is 0 Å². The van der Waals surface area contributed by atoms with Crippen molar-refractivity contribution in [3.05, 3.63) is 22.7 Å². The molecule has 0 spiro atoms. The molecule has 0 radical (unpaired) electrons. The predicted molar refractivity (Wildman–Crippen MR) is 75.4 cm³/mol. The average molecular weight is 336 g/mol. The van der Waals surface area contributed by atoms with Crippen LogP contribution in [0.25, 0.3) is 0 Å². The summed E-state index contributed by atoms with van der Waals surface area (Å²) < 4.78 is 32.9. The van der Waals surface area contributed by atoms with Gasteiger partial charge in [0.2, 0.25) is 10.0 Å². The van der Waals surface area contributed by atoms with E-state index in [0.717, 1.165) is 10.9 Å². The lowest BCUT2D eigenvalue weighted by molar-refractivity contribution is 0.337. The Balaban J connectivity index is 3.05. The number of hydrogen-bond acceptors (Lipinski definition) is 3. The first-order chi connectivity index (χ1) is 8.40. The zero-order valence-corrected chi connectivity index (χ0v) is 13.1. The van der Waals surface area contributed by atoms with Gasteiger partial charge < -0.3 is 4.74 Å². The van der Waals surface area contributed by atoms with Gasteiger partial charge in [-0.3, -0.25) is 0 Å². The van der Waals surface area contributed by atoms with E-state index in [9.17, 15) is 8.42 Å². The number of hydrogen-bond donors (Lipinski definition) is 1. The van der Waals surface area contributed by atoms with Gasteiger partial charge in [0.15, 0.2) is 0 Å². The lowest BCUT2D eigenvalue weighted by Crippen LogP contribution is -2.32. The van der Waals surface area contributed by atoms with Gasteiger partial charge in [0.1, 0.15) is 5.75 Å². The monoisotopic (exact) mass is 335 g/mol. The fourth-order valence-corrected chi connectivity index (χ4v) is 3.04. The van der Waals surface area contributed by atoms with E-state index in [0.29, 0.717) is 12.4 Å². The second kappa shape index (κ2) is 6.54. The minimum Gasteiger partial charge on any atom is -0.493 e. The first-order valence-corrected chi connectivity index (χ1v) is 8.13. The van der Waals surface area contributed by atoms with E-state index < -0.39 is 10.0 Å². The van der Waals surface area contributed by atoms with E-state index in [4.69, 9.17) is 4.74 Å². The molecule has 0 saturated carbocycles. The third kappa shape index (κ3) is 3.96. The van der Waals surface area contributed by atoms with E-state index in [-0.39, 0.29) is 10.9 Å². The lowest BCUT2D eigenvalue weighted by Gasteiger charge is -2.13. The van der Waals surface area contributed by atoms with Gasteiger partial charge in [-0.05, 0) is 48.3 Å². The summed E-state index contributed by atoms with van der Waals surface area (Å²) in [4.78, 5) is 0.217. The highest BCUT2D eigenvalue weighted by atomic mass is 79.9. The van der Waals surface area contributed by atoms with Crippen LogP contribution in [0.4, 0.5) is 0 Å². The summed E-state index contributed by atoms with van der Waals surface area (Å²) >= 11 is 3.32. The van der Waals surface area contributed by atoms with Crippen LogP contribution in [0.15, 0.2) is 27.6 Å². The van der Waals surface area contributed by atoms with E-state index >= 15 is 0 Å². The van der Waals surface area contributed by atoms with E-state index in [1.807, 2.05) is 20.8 Å². The molecule has 0 aliphatic rings. The highest BCUT2D eigenvalue weighted by Crippen LogP contribution is 2.28. The van der Waals surface area contributed by atoms with Crippen molar-refractivity contribution in [1.29, 1.82) is 0 Å². The summed E-state index contributed by atoms with van der Waals surface area (Å²) in [5, 5.41) is 0. The highest BCUT2D eigenvalue weighted by Gasteiger charge is 2.18. The van der Waals surface area contributed by atoms with Crippen LogP contribution in [-0.4, -0.2) is 21.1 Å². The zero-order chi connectivity index (χ0) is 13.8. The minimum atomic E-state index is -3.48. The molecule has 0 bridgehead atoms. The molecule has 6 heteroatoms. The topological polar surface area (TPSA) is 55.4 Å². The molecule has 1 atom stereocenters. The Hall–Kier alpha value is -0.590. The third-order valence-corrected chi connectivity index (χ3v) is 4.72. The Bertz CT molecular complexity index is 502. The van der Waals surface area contributed by atoms with Crippen molar-refractivity contribution < 1.29 is 13.2 Å². The maximum Gasteiger partial charge on any atom is 0.240 e. The summed E-state index contributed by atoms with van der Waals surface area (Å²) in [6.45, 7) is 6.10. The van der Waals surface area contributed by atoms with Gasteiger partial charge in [-0.15, -0.1) is 0 Å². The maximum atomic E-state index is 12.1. The molecule has 0 aromatic heterocycles. The average Bonchev–Trinajstić information content (AvgIpc) is 2.31. The third-order valence-electron chi connectivity index (χ3n) is 2.48. The van der Waals surface area contributed by atoms with Crippen LogP contribution >= 0.6 is 15.9 Å². The lowest BCUT2D eigenvalue weighted by atomic mass is 10.3. The number of halogens is 1.